The number of ether oxygens (including phenoxy) is 1. The summed E-state index contributed by atoms with van der Waals surface area (Å²) >= 11 is 0. The molecule has 0 radical (unpaired) electrons. The third-order valence-corrected chi connectivity index (χ3v) is 6.06. The van der Waals surface area contributed by atoms with E-state index in [0.717, 1.165) is 33.3 Å². The lowest BCUT2D eigenvalue weighted by Crippen LogP contribution is -2.32. The van der Waals surface area contributed by atoms with Crippen LogP contribution in [-0.4, -0.2) is 34.4 Å². The zero-order valence-corrected chi connectivity index (χ0v) is 19.5. The molecule has 174 valence electrons. The van der Waals surface area contributed by atoms with E-state index in [2.05, 4.69) is 4.98 Å². The number of nitro benzene ring substituents is 1. The van der Waals surface area contributed by atoms with E-state index < -0.39 is 4.92 Å². The maximum Gasteiger partial charge on any atom is 0.273 e. The van der Waals surface area contributed by atoms with Gasteiger partial charge in [0.25, 0.3) is 11.6 Å². The summed E-state index contributed by atoms with van der Waals surface area (Å²) in [6.45, 7) is 4.55. The number of benzene rings is 3. The quantitative estimate of drug-likeness (QED) is 0.276. The van der Waals surface area contributed by atoms with Gasteiger partial charge in [0.1, 0.15) is 5.75 Å². The minimum Gasteiger partial charge on any atom is -0.497 e. The summed E-state index contributed by atoms with van der Waals surface area (Å²) in [6, 6.07) is 18.5. The molecule has 0 aliphatic heterocycles. The summed E-state index contributed by atoms with van der Waals surface area (Å²) in [7, 11) is 1.64. The van der Waals surface area contributed by atoms with Crippen LogP contribution in [0.3, 0.4) is 0 Å². The predicted molar refractivity (Wildman–Crippen MR) is 132 cm³/mol. The molecule has 0 aliphatic rings. The van der Waals surface area contributed by atoms with Gasteiger partial charge in [-0.25, -0.2) is 0 Å². The van der Waals surface area contributed by atoms with Crippen molar-refractivity contribution in [3.05, 3.63) is 105 Å². The number of carbonyl (C=O) groups is 1. The van der Waals surface area contributed by atoms with Gasteiger partial charge in [0.15, 0.2) is 0 Å². The van der Waals surface area contributed by atoms with Crippen LogP contribution < -0.4 is 4.74 Å². The Balaban J connectivity index is 1.63. The Hall–Kier alpha value is -4.13. The minimum absolute atomic E-state index is 0.0511. The Morgan fingerprint density at radius 1 is 1.06 bits per heavy atom. The predicted octanol–water partition coefficient (Wildman–Crippen LogP) is 5.59. The molecule has 0 bridgehead atoms. The average molecular weight is 458 g/mol. The molecule has 0 unspecified atom stereocenters. The molecule has 0 atom stereocenters. The molecule has 4 aromatic rings. The Morgan fingerprint density at radius 2 is 1.82 bits per heavy atom. The Kier molecular flexibility index (Phi) is 6.63. The molecule has 4 rings (SSSR count). The van der Waals surface area contributed by atoms with E-state index in [1.807, 2.05) is 55.6 Å². The van der Waals surface area contributed by atoms with Crippen molar-refractivity contribution in [1.82, 2.24) is 9.88 Å². The number of H-pyrrole nitrogens is 1. The zero-order chi connectivity index (χ0) is 24.2. The normalized spacial score (nSPS) is 10.9. The number of carbonyl (C=O) groups excluding carboxylic acids is 1. The molecule has 3 aromatic carbocycles. The van der Waals surface area contributed by atoms with E-state index in [4.69, 9.17) is 4.74 Å². The van der Waals surface area contributed by atoms with Crippen LogP contribution in [0, 0.1) is 24.0 Å². The van der Waals surface area contributed by atoms with Crippen molar-refractivity contribution in [3.63, 3.8) is 0 Å². The van der Waals surface area contributed by atoms with Gasteiger partial charge in [0.05, 0.1) is 12.0 Å². The fraction of sp³-hybridized carbons (Fsp3) is 0.222. The molecule has 1 heterocycles. The number of aromatic amines is 1. The molecule has 1 aromatic heterocycles. The average Bonchev–Trinajstić information content (AvgIpc) is 3.24. The summed E-state index contributed by atoms with van der Waals surface area (Å²) in [6.07, 6.45) is 2.58. The van der Waals surface area contributed by atoms with Gasteiger partial charge in [-0.2, -0.15) is 0 Å². The lowest BCUT2D eigenvalue weighted by molar-refractivity contribution is -0.385. The number of methoxy groups -OCH3 is 1. The summed E-state index contributed by atoms with van der Waals surface area (Å²) in [5.74, 6) is 0.536. The molecule has 0 saturated heterocycles. The first-order valence-corrected chi connectivity index (χ1v) is 11.1. The van der Waals surface area contributed by atoms with E-state index >= 15 is 0 Å². The minimum atomic E-state index is -0.449. The van der Waals surface area contributed by atoms with Crippen LogP contribution in [0.2, 0.25) is 0 Å². The Bertz CT molecular complexity index is 1340. The first-order chi connectivity index (χ1) is 16.4. The second kappa shape index (κ2) is 9.79. The fourth-order valence-electron chi connectivity index (χ4n) is 4.03. The SMILES string of the molecule is COc1ccc2[nH]cc(CCN(Cc3ccc(C)cc3)C(=O)c3ccc(C)c([N+](=O)[O-])c3)c2c1. The number of fused-ring (bicyclic) bond motifs is 1. The highest BCUT2D eigenvalue weighted by molar-refractivity contribution is 5.95. The number of nitro groups is 1. The molecular weight excluding hydrogens is 430 g/mol. The van der Waals surface area contributed by atoms with Crippen LogP contribution in [0.4, 0.5) is 5.69 Å². The number of aromatic nitrogens is 1. The van der Waals surface area contributed by atoms with Crippen LogP contribution in [0.1, 0.15) is 32.6 Å². The van der Waals surface area contributed by atoms with Crippen LogP contribution in [-0.2, 0) is 13.0 Å². The largest absolute Gasteiger partial charge is 0.497 e. The number of rotatable bonds is 8. The lowest BCUT2D eigenvalue weighted by Gasteiger charge is -2.23. The van der Waals surface area contributed by atoms with E-state index in [1.165, 1.54) is 6.07 Å². The summed E-state index contributed by atoms with van der Waals surface area (Å²) in [5.41, 5.74) is 5.01. The molecule has 7 nitrogen and oxygen atoms in total. The van der Waals surface area contributed by atoms with Gasteiger partial charge < -0.3 is 14.6 Å². The molecule has 0 saturated carbocycles. The van der Waals surface area contributed by atoms with E-state index in [-0.39, 0.29) is 11.6 Å². The zero-order valence-electron chi connectivity index (χ0n) is 19.5. The monoisotopic (exact) mass is 457 g/mol. The van der Waals surface area contributed by atoms with Gasteiger partial charge in [-0.15, -0.1) is 0 Å². The van der Waals surface area contributed by atoms with E-state index in [1.54, 1.807) is 31.1 Å². The van der Waals surface area contributed by atoms with Crippen LogP contribution >= 0.6 is 0 Å². The lowest BCUT2D eigenvalue weighted by atomic mass is 10.1. The van der Waals surface area contributed by atoms with Crippen molar-refractivity contribution in [2.75, 3.05) is 13.7 Å². The second-order valence-electron chi connectivity index (χ2n) is 8.45. The van der Waals surface area contributed by atoms with E-state index in [9.17, 15) is 14.9 Å². The number of nitrogens with one attached hydrogen (secondary N) is 1. The van der Waals surface area contributed by atoms with Gasteiger partial charge >= 0.3 is 0 Å². The van der Waals surface area contributed by atoms with Crippen molar-refractivity contribution in [1.29, 1.82) is 0 Å². The summed E-state index contributed by atoms with van der Waals surface area (Å²) < 4.78 is 5.36. The second-order valence-corrected chi connectivity index (χ2v) is 8.45. The third kappa shape index (κ3) is 4.93. The number of hydrogen-bond donors (Lipinski definition) is 1. The fourth-order valence-corrected chi connectivity index (χ4v) is 4.03. The smallest absolute Gasteiger partial charge is 0.273 e. The molecule has 1 amide bonds. The highest BCUT2D eigenvalue weighted by Gasteiger charge is 2.21. The van der Waals surface area contributed by atoms with Crippen LogP contribution in [0.25, 0.3) is 10.9 Å². The maximum atomic E-state index is 13.5. The standard InChI is InChI=1S/C27H27N3O4/c1-18-4-7-20(8-5-18)17-29(27(31)21-9-6-19(2)26(14-21)30(32)33)13-12-22-16-28-25-11-10-23(34-3)15-24(22)25/h4-11,14-16,28H,12-13,17H2,1-3H3. The Labute approximate surface area is 198 Å². The molecular formula is C27H27N3O4. The van der Waals surface area contributed by atoms with Crippen molar-refractivity contribution < 1.29 is 14.5 Å². The molecule has 0 fully saturated rings. The molecule has 0 spiro atoms. The number of aryl methyl sites for hydroxylation is 2. The summed E-state index contributed by atoms with van der Waals surface area (Å²) in [5, 5.41) is 12.5. The number of nitrogens with zero attached hydrogens (tertiary/aromatic N) is 2. The van der Waals surface area contributed by atoms with Crippen LogP contribution in [0.15, 0.2) is 66.9 Å². The number of hydrogen-bond acceptors (Lipinski definition) is 4. The van der Waals surface area contributed by atoms with Gasteiger partial charge in [-0.3, -0.25) is 14.9 Å². The van der Waals surface area contributed by atoms with Crippen molar-refractivity contribution in [2.45, 2.75) is 26.8 Å². The topological polar surface area (TPSA) is 88.5 Å². The molecule has 34 heavy (non-hydrogen) atoms. The molecule has 7 heteroatoms. The third-order valence-electron chi connectivity index (χ3n) is 6.06. The highest BCUT2D eigenvalue weighted by atomic mass is 16.6. The summed E-state index contributed by atoms with van der Waals surface area (Å²) in [4.78, 5) is 29.5. The Morgan fingerprint density at radius 3 is 2.53 bits per heavy atom. The molecule has 0 aliphatic carbocycles. The van der Waals surface area contributed by atoms with Gasteiger partial charge in [-0.1, -0.05) is 35.9 Å². The van der Waals surface area contributed by atoms with Gasteiger partial charge in [-0.05, 0) is 55.7 Å². The highest BCUT2D eigenvalue weighted by Crippen LogP contribution is 2.25. The molecule has 1 N–H and O–H groups in total. The first kappa shape index (κ1) is 23.0. The van der Waals surface area contributed by atoms with Gasteiger partial charge in [0, 0.05) is 47.4 Å². The number of amides is 1. The van der Waals surface area contributed by atoms with Crippen molar-refractivity contribution >= 4 is 22.5 Å². The van der Waals surface area contributed by atoms with Crippen molar-refractivity contribution in [2.24, 2.45) is 0 Å². The van der Waals surface area contributed by atoms with E-state index in [0.29, 0.717) is 30.6 Å². The van der Waals surface area contributed by atoms with Crippen molar-refractivity contribution in [3.8, 4) is 5.75 Å². The first-order valence-electron chi connectivity index (χ1n) is 11.1. The maximum absolute atomic E-state index is 13.5. The van der Waals surface area contributed by atoms with Crippen LogP contribution in [0.5, 0.6) is 5.75 Å². The van der Waals surface area contributed by atoms with Gasteiger partial charge in [0.2, 0.25) is 0 Å².